The van der Waals surface area contributed by atoms with E-state index in [2.05, 4.69) is 5.10 Å². The molecule has 1 heterocycles. The second-order valence-corrected chi connectivity index (χ2v) is 7.38. The number of aryl methyl sites for hydroxylation is 2. The number of carbonyl (C=O) groups is 2. The van der Waals surface area contributed by atoms with E-state index >= 15 is 0 Å². The Kier molecular flexibility index (Phi) is 6.35. The van der Waals surface area contributed by atoms with Gasteiger partial charge in [0.05, 0.1) is 18.5 Å². The lowest BCUT2D eigenvalue weighted by molar-refractivity contribution is -0.140. The highest BCUT2D eigenvalue weighted by atomic mass is 16.5. The maximum absolute atomic E-state index is 12.8. The molecule has 6 nitrogen and oxygen atoms in total. The fraction of sp³-hybridized carbons (Fsp3) is 0.292. The van der Waals surface area contributed by atoms with Gasteiger partial charge in [-0.25, -0.2) is 4.68 Å². The first-order chi connectivity index (χ1) is 14.3. The fourth-order valence-corrected chi connectivity index (χ4v) is 3.44. The van der Waals surface area contributed by atoms with Gasteiger partial charge in [0.2, 0.25) is 0 Å². The molecule has 3 aromatic rings. The summed E-state index contributed by atoms with van der Waals surface area (Å²) in [5, 5.41) is 4.62. The molecule has 0 aliphatic rings. The van der Waals surface area contributed by atoms with Crippen molar-refractivity contribution in [2.24, 2.45) is 0 Å². The Bertz CT molecular complexity index is 1050. The van der Waals surface area contributed by atoms with Crippen molar-refractivity contribution < 1.29 is 14.3 Å². The number of carbonyl (C=O) groups excluding carboxylic acids is 2. The molecule has 0 fully saturated rings. The minimum absolute atomic E-state index is 0.0717. The van der Waals surface area contributed by atoms with Crippen LogP contribution >= 0.6 is 0 Å². The number of nitrogens with zero attached hydrogens (tertiary/aromatic N) is 3. The third-order valence-electron chi connectivity index (χ3n) is 5.33. The van der Waals surface area contributed by atoms with Gasteiger partial charge in [-0.3, -0.25) is 9.59 Å². The summed E-state index contributed by atoms with van der Waals surface area (Å²) in [6.07, 6.45) is 0.908. The summed E-state index contributed by atoms with van der Waals surface area (Å²) in [4.78, 5) is 26.0. The summed E-state index contributed by atoms with van der Waals surface area (Å²) in [6, 6.07) is 15.3. The predicted molar refractivity (Wildman–Crippen MR) is 117 cm³/mol. The van der Waals surface area contributed by atoms with E-state index in [1.54, 1.807) is 11.9 Å². The number of anilines is 1. The van der Waals surface area contributed by atoms with Crippen LogP contribution < -0.4 is 4.90 Å². The van der Waals surface area contributed by atoms with Gasteiger partial charge in [0.1, 0.15) is 0 Å². The highest BCUT2D eigenvalue weighted by Crippen LogP contribution is 2.21. The number of hydrogen-bond donors (Lipinski definition) is 0. The smallest absolute Gasteiger partial charge is 0.305 e. The van der Waals surface area contributed by atoms with Crippen LogP contribution in [0.15, 0.2) is 48.5 Å². The Morgan fingerprint density at radius 2 is 1.63 bits per heavy atom. The van der Waals surface area contributed by atoms with Crippen LogP contribution in [-0.2, 0) is 16.0 Å². The zero-order chi connectivity index (χ0) is 21.8. The third kappa shape index (κ3) is 4.43. The van der Waals surface area contributed by atoms with Crippen LogP contribution in [0.4, 0.5) is 5.69 Å². The van der Waals surface area contributed by atoms with Crippen molar-refractivity contribution in [1.29, 1.82) is 0 Å². The average molecular weight is 405 g/mol. The van der Waals surface area contributed by atoms with E-state index < -0.39 is 0 Å². The molecule has 0 bridgehead atoms. The van der Waals surface area contributed by atoms with E-state index in [0.29, 0.717) is 18.4 Å². The number of aromatic nitrogens is 2. The van der Waals surface area contributed by atoms with Crippen LogP contribution in [-0.4, -0.2) is 35.8 Å². The highest BCUT2D eigenvalue weighted by molar-refractivity contribution is 6.05. The topological polar surface area (TPSA) is 64.4 Å². The van der Waals surface area contributed by atoms with Crippen LogP contribution in [0.5, 0.6) is 0 Å². The molecular weight excluding hydrogens is 378 g/mol. The molecule has 2 aromatic carbocycles. The van der Waals surface area contributed by atoms with Crippen LogP contribution in [0.25, 0.3) is 5.69 Å². The Hall–Kier alpha value is -3.41. The first kappa shape index (κ1) is 21.3. The summed E-state index contributed by atoms with van der Waals surface area (Å²) >= 11 is 0. The van der Waals surface area contributed by atoms with Gasteiger partial charge in [0, 0.05) is 30.4 Å². The molecule has 0 spiro atoms. The van der Waals surface area contributed by atoms with Crippen molar-refractivity contribution in [2.45, 2.75) is 33.6 Å². The molecule has 1 aromatic heterocycles. The molecule has 0 unspecified atom stereocenters. The van der Waals surface area contributed by atoms with Gasteiger partial charge >= 0.3 is 5.97 Å². The molecule has 0 radical (unpaired) electrons. The summed E-state index contributed by atoms with van der Waals surface area (Å²) in [7, 11) is 3.17. The zero-order valence-corrected chi connectivity index (χ0v) is 18.1. The van der Waals surface area contributed by atoms with Crippen molar-refractivity contribution >= 4 is 17.6 Å². The number of methoxy groups -OCH3 is 1. The van der Waals surface area contributed by atoms with Crippen molar-refractivity contribution in [1.82, 2.24) is 9.78 Å². The Morgan fingerprint density at radius 1 is 1.00 bits per heavy atom. The van der Waals surface area contributed by atoms with Gasteiger partial charge in [0.25, 0.3) is 5.91 Å². The lowest BCUT2D eigenvalue weighted by atomic mass is 10.1. The zero-order valence-electron chi connectivity index (χ0n) is 18.1. The van der Waals surface area contributed by atoms with E-state index in [9.17, 15) is 9.59 Å². The Labute approximate surface area is 177 Å². The van der Waals surface area contributed by atoms with E-state index in [4.69, 9.17) is 4.74 Å². The van der Waals surface area contributed by atoms with Gasteiger partial charge in [-0.1, -0.05) is 17.7 Å². The van der Waals surface area contributed by atoms with Gasteiger partial charge in [0.15, 0.2) is 0 Å². The molecule has 30 heavy (non-hydrogen) atoms. The molecule has 3 rings (SSSR count). The van der Waals surface area contributed by atoms with Gasteiger partial charge in [-0.05, 0) is 69.2 Å². The minimum atomic E-state index is -0.234. The number of ether oxygens (including phenoxy) is 1. The first-order valence-corrected chi connectivity index (χ1v) is 9.89. The van der Waals surface area contributed by atoms with Gasteiger partial charge < -0.3 is 9.64 Å². The first-order valence-electron chi connectivity index (χ1n) is 9.89. The normalized spacial score (nSPS) is 10.7. The second-order valence-electron chi connectivity index (χ2n) is 7.38. The fourth-order valence-electron chi connectivity index (χ4n) is 3.44. The quantitative estimate of drug-likeness (QED) is 0.577. The summed E-state index contributed by atoms with van der Waals surface area (Å²) < 4.78 is 6.58. The average Bonchev–Trinajstić information content (AvgIpc) is 3.05. The number of esters is 1. The molecule has 0 aliphatic heterocycles. The maximum Gasteiger partial charge on any atom is 0.305 e. The molecule has 0 aliphatic carbocycles. The molecule has 1 amide bonds. The van der Waals surface area contributed by atoms with Crippen molar-refractivity contribution in [3.05, 3.63) is 76.6 Å². The van der Waals surface area contributed by atoms with E-state index in [0.717, 1.165) is 33.9 Å². The Balaban J connectivity index is 1.79. The number of hydrogen-bond acceptors (Lipinski definition) is 4. The van der Waals surface area contributed by atoms with Crippen LogP contribution in [0.1, 0.15) is 39.3 Å². The monoisotopic (exact) mass is 405 g/mol. The molecule has 0 atom stereocenters. The number of amides is 1. The van der Waals surface area contributed by atoms with Crippen LogP contribution in [0.3, 0.4) is 0 Å². The molecule has 156 valence electrons. The molecule has 0 saturated heterocycles. The van der Waals surface area contributed by atoms with Crippen molar-refractivity contribution in [2.75, 3.05) is 19.1 Å². The Morgan fingerprint density at radius 3 is 2.23 bits per heavy atom. The van der Waals surface area contributed by atoms with Gasteiger partial charge in [-0.15, -0.1) is 0 Å². The lowest BCUT2D eigenvalue weighted by Crippen LogP contribution is -2.26. The molecular formula is C24H27N3O3. The SMILES string of the molecule is COC(=O)CCc1c(C)nn(-c2ccc(C(=O)N(C)c3ccc(C)cc3)cc2)c1C. The third-order valence-corrected chi connectivity index (χ3v) is 5.33. The largest absolute Gasteiger partial charge is 0.469 e. The van der Waals surface area contributed by atoms with Crippen molar-refractivity contribution in [3.8, 4) is 5.69 Å². The predicted octanol–water partition coefficient (Wildman–Crippen LogP) is 4.18. The highest BCUT2D eigenvalue weighted by Gasteiger charge is 2.16. The van der Waals surface area contributed by atoms with E-state index in [-0.39, 0.29) is 11.9 Å². The van der Waals surface area contributed by atoms with Crippen LogP contribution in [0.2, 0.25) is 0 Å². The lowest BCUT2D eigenvalue weighted by Gasteiger charge is -2.18. The standard InChI is InChI=1S/C24H27N3O3/c1-16-6-10-20(11-7-16)26(4)24(29)19-8-12-21(13-9-19)27-18(3)22(17(2)25-27)14-15-23(28)30-5/h6-13H,14-15H2,1-5H3. The van der Waals surface area contributed by atoms with E-state index in [1.165, 1.54) is 7.11 Å². The number of rotatable bonds is 6. The summed E-state index contributed by atoms with van der Waals surface area (Å²) in [5.74, 6) is -0.306. The summed E-state index contributed by atoms with van der Waals surface area (Å²) in [6.45, 7) is 5.94. The summed E-state index contributed by atoms with van der Waals surface area (Å²) in [5.41, 5.74) is 6.38. The number of benzene rings is 2. The molecule has 0 N–H and O–H groups in total. The van der Waals surface area contributed by atoms with Gasteiger partial charge in [-0.2, -0.15) is 5.10 Å². The van der Waals surface area contributed by atoms with Crippen LogP contribution in [0, 0.1) is 20.8 Å². The van der Waals surface area contributed by atoms with E-state index in [1.807, 2.05) is 74.0 Å². The molecule has 0 saturated carbocycles. The minimum Gasteiger partial charge on any atom is -0.469 e. The second kappa shape index (κ2) is 8.95. The maximum atomic E-state index is 12.8. The van der Waals surface area contributed by atoms with Crippen molar-refractivity contribution in [3.63, 3.8) is 0 Å². The molecule has 6 heteroatoms.